The van der Waals surface area contributed by atoms with E-state index in [1.165, 1.54) is 16.9 Å². The fourth-order valence-electron chi connectivity index (χ4n) is 1.22. The number of aryl methyl sites for hydroxylation is 2. The van der Waals surface area contributed by atoms with Crippen LogP contribution in [0.25, 0.3) is 5.65 Å². The van der Waals surface area contributed by atoms with Gasteiger partial charge in [0.2, 0.25) is 0 Å². The van der Waals surface area contributed by atoms with Crippen LogP contribution in [0.4, 0.5) is 4.39 Å². The van der Waals surface area contributed by atoms with Crippen LogP contribution in [0.3, 0.4) is 0 Å². The molecule has 2 aromatic heterocycles. The predicted octanol–water partition coefficient (Wildman–Crippen LogP) is 1.49. The van der Waals surface area contributed by atoms with Gasteiger partial charge in [-0.3, -0.25) is 0 Å². The number of hydrogen-bond acceptors (Lipinski definition) is 2. The number of aromatic nitrogens is 3. The van der Waals surface area contributed by atoms with E-state index in [1.54, 1.807) is 6.92 Å². The summed E-state index contributed by atoms with van der Waals surface area (Å²) < 4.78 is 14.6. The van der Waals surface area contributed by atoms with Crippen molar-refractivity contribution >= 4 is 5.65 Å². The molecular weight excluding hydrogens is 157 g/mol. The van der Waals surface area contributed by atoms with E-state index in [2.05, 4.69) is 10.1 Å². The van der Waals surface area contributed by atoms with E-state index in [1.807, 2.05) is 6.92 Å². The summed E-state index contributed by atoms with van der Waals surface area (Å²) in [6, 6.07) is 1.47. The van der Waals surface area contributed by atoms with Gasteiger partial charge in [0.05, 0.1) is 5.69 Å². The normalized spacial score (nSPS) is 10.9. The van der Waals surface area contributed by atoms with Crippen molar-refractivity contribution in [3.63, 3.8) is 0 Å². The first-order valence-corrected chi connectivity index (χ1v) is 3.65. The minimum atomic E-state index is -0.245. The lowest BCUT2D eigenvalue weighted by molar-refractivity contribution is 0.599. The molecule has 0 aliphatic heterocycles. The number of rotatable bonds is 0. The zero-order chi connectivity index (χ0) is 8.72. The summed E-state index contributed by atoms with van der Waals surface area (Å²) in [4.78, 5) is 4.01. The second kappa shape index (κ2) is 2.27. The quantitative estimate of drug-likeness (QED) is 0.592. The highest BCUT2D eigenvalue weighted by Crippen LogP contribution is 2.12. The first-order valence-electron chi connectivity index (χ1n) is 3.65. The van der Waals surface area contributed by atoms with Gasteiger partial charge in [0.15, 0.2) is 5.65 Å². The van der Waals surface area contributed by atoms with E-state index < -0.39 is 0 Å². The van der Waals surface area contributed by atoms with Gasteiger partial charge in [0, 0.05) is 0 Å². The van der Waals surface area contributed by atoms with Crippen molar-refractivity contribution < 1.29 is 4.39 Å². The minimum Gasteiger partial charge on any atom is -0.215 e. The molecular formula is C8H8FN3. The van der Waals surface area contributed by atoms with E-state index in [0.717, 1.165) is 5.56 Å². The van der Waals surface area contributed by atoms with E-state index in [-0.39, 0.29) is 5.82 Å². The van der Waals surface area contributed by atoms with Crippen molar-refractivity contribution in [1.29, 1.82) is 0 Å². The van der Waals surface area contributed by atoms with Crippen molar-refractivity contribution in [2.24, 2.45) is 0 Å². The number of nitrogens with zero attached hydrogens (tertiary/aromatic N) is 3. The lowest BCUT2D eigenvalue weighted by Gasteiger charge is -2.01. The first kappa shape index (κ1) is 7.21. The molecule has 0 saturated carbocycles. The van der Waals surface area contributed by atoms with Crippen molar-refractivity contribution in [3.8, 4) is 0 Å². The zero-order valence-electron chi connectivity index (χ0n) is 6.87. The molecule has 0 atom stereocenters. The Morgan fingerprint density at radius 1 is 1.42 bits per heavy atom. The van der Waals surface area contributed by atoms with Crippen molar-refractivity contribution in [3.05, 3.63) is 29.5 Å². The fraction of sp³-hybridized carbons (Fsp3) is 0.250. The van der Waals surface area contributed by atoms with Gasteiger partial charge in [0.1, 0.15) is 12.1 Å². The van der Waals surface area contributed by atoms with Crippen LogP contribution in [0, 0.1) is 19.7 Å². The molecule has 0 fully saturated rings. The van der Waals surface area contributed by atoms with E-state index in [9.17, 15) is 4.39 Å². The van der Waals surface area contributed by atoms with E-state index >= 15 is 0 Å². The molecule has 0 aromatic carbocycles. The molecule has 2 aromatic rings. The van der Waals surface area contributed by atoms with Gasteiger partial charge >= 0.3 is 0 Å². The summed E-state index contributed by atoms with van der Waals surface area (Å²) in [6.45, 7) is 3.49. The fourth-order valence-corrected chi connectivity index (χ4v) is 1.22. The van der Waals surface area contributed by atoms with Gasteiger partial charge in [-0.05, 0) is 25.5 Å². The molecule has 3 nitrogen and oxygen atoms in total. The third kappa shape index (κ3) is 0.809. The zero-order valence-corrected chi connectivity index (χ0v) is 6.87. The highest BCUT2D eigenvalue weighted by Gasteiger charge is 2.06. The lowest BCUT2D eigenvalue weighted by atomic mass is 10.2. The summed E-state index contributed by atoms with van der Waals surface area (Å²) in [6.07, 6.45) is 1.43. The van der Waals surface area contributed by atoms with Gasteiger partial charge in [-0.2, -0.15) is 5.10 Å². The lowest BCUT2D eigenvalue weighted by Crippen LogP contribution is -1.98. The third-order valence-corrected chi connectivity index (χ3v) is 1.91. The highest BCUT2D eigenvalue weighted by molar-refractivity contribution is 5.46. The van der Waals surface area contributed by atoms with Crippen LogP contribution in [-0.4, -0.2) is 14.6 Å². The molecule has 0 bridgehead atoms. The predicted molar refractivity (Wildman–Crippen MR) is 42.4 cm³/mol. The molecule has 12 heavy (non-hydrogen) atoms. The molecule has 2 rings (SSSR count). The van der Waals surface area contributed by atoms with Crippen molar-refractivity contribution in [2.75, 3.05) is 0 Å². The van der Waals surface area contributed by atoms with Crippen LogP contribution >= 0.6 is 0 Å². The van der Waals surface area contributed by atoms with Crippen LogP contribution in [0.5, 0.6) is 0 Å². The molecule has 0 aliphatic rings. The molecule has 62 valence electrons. The molecule has 0 unspecified atom stereocenters. The van der Waals surface area contributed by atoms with Crippen LogP contribution < -0.4 is 0 Å². The molecule has 0 radical (unpaired) electrons. The minimum absolute atomic E-state index is 0.245. The molecule has 0 N–H and O–H groups in total. The number of halogens is 1. The Labute approximate surface area is 68.9 Å². The number of pyridine rings is 1. The van der Waals surface area contributed by atoms with E-state index in [0.29, 0.717) is 11.3 Å². The summed E-state index contributed by atoms with van der Waals surface area (Å²) in [5, 5.41) is 3.91. The van der Waals surface area contributed by atoms with Gasteiger partial charge in [-0.25, -0.2) is 13.9 Å². The second-order valence-electron chi connectivity index (χ2n) is 2.76. The molecule has 0 amide bonds. The first-order chi connectivity index (χ1) is 5.70. The molecule has 0 saturated heterocycles. The maximum Gasteiger partial charge on any atom is 0.158 e. The topological polar surface area (TPSA) is 30.2 Å². The SMILES string of the molecule is Cc1cc(F)c(C)n2ncnc12. The Morgan fingerprint density at radius 3 is 2.92 bits per heavy atom. The van der Waals surface area contributed by atoms with Crippen molar-refractivity contribution in [2.45, 2.75) is 13.8 Å². The smallest absolute Gasteiger partial charge is 0.158 e. The van der Waals surface area contributed by atoms with Crippen LogP contribution in [0.2, 0.25) is 0 Å². The Kier molecular flexibility index (Phi) is 1.36. The summed E-state index contributed by atoms with van der Waals surface area (Å²) in [7, 11) is 0. The van der Waals surface area contributed by atoms with Crippen LogP contribution in [0.1, 0.15) is 11.3 Å². The summed E-state index contributed by atoms with van der Waals surface area (Å²) in [5.41, 5.74) is 2.01. The molecule has 2 heterocycles. The molecule has 4 heteroatoms. The Hall–Kier alpha value is -1.45. The third-order valence-electron chi connectivity index (χ3n) is 1.91. The maximum absolute atomic E-state index is 13.1. The van der Waals surface area contributed by atoms with E-state index in [4.69, 9.17) is 0 Å². The average molecular weight is 165 g/mol. The Morgan fingerprint density at radius 2 is 2.17 bits per heavy atom. The number of fused-ring (bicyclic) bond motifs is 1. The van der Waals surface area contributed by atoms with Gasteiger partial charge in [0.25, 0.3) is 0 Å². The maximum atomic E-state index is 13.1. The highest BCUT2D eigenvalue weighted by atomic mass is 19.1. The number of hydrogen-bond donors (Lipinski definition) is 0. The van der Waals surface area contributed by atoms with Gasteiger partial charge in [-0.1, -0.05) is 0 Å². The standard InChI is InChI=1S/C8H8FN3/c1-5-3-7(9)6(2)12-8(5)10-4-11-12/h3-4H,1-2H3. The van der Waals surface area contributed by atoms with Crippen LogP contribution in [0.15, 0.2) is 12.4 Å². The molecule has 0 aliphatic carbocycles. The largest absolute Gasteiger partial charge is 0.215 e. The Balaban J connectivity index is 2.97. The average Bonchev–Trinajstić information content (AvgIpc) is 2.48. The van der Waals surface area contributed by atoms with Crippen LogP contribution in [-0.2, 0) is 0 Å². The monoisotopic (exact) mass is 165 g/mol. The summed E-state index contributed by atoms with van der Waals surface area (Å²) >= 11 is 0. The van der Waals surface area contributed by atoms with Gasteiger partial charge in [-0.15, -0.1) is 0 Å². The van der Waals surface area contributed by atoms with Crippen molar-refractivity contribution in [1.82, 2.24) is 14.6 Å². The van der Waals surface area contributed by atoms with Gasteiger partial charge < -0.3 is 0 Å². The molecule has 0 spiro atoms. The second-order valence-corrected chi connectivity index (χ2v) is 2.76. The summed E-state index contributed by atoms with van der Waals surface area (Å²) in [5.74, 6) is -0.245. The Bertz CT molecular complexity index is 433.